The van der Waals surface area contributed by atoms with Gasteiger partial charge >= 0.3 is 0 Å². The van der Waals surface area contributed by atoms with Crippen molar-refractivity contribution in [1.29, 1.82) is 0 Å². The summed E-state index contributed by atoms with van der Waals surface area (Å²) >= 11 is 1.75. The fourth-order valence-corrected chi connectivity index (χ4v) is 5.01. The molecule has 2 aromatic carbocycles. The number of amides is 1. The zero-order chi connectivity index (χ0) is 23.2. The first-order chi connectivity index (χ1) is 16.1. The van der Waals surface area contributed by atoms with Crippen molar-refractivity contribution >= 4 is 38.7 Å². The van der Waals surface area contributed by atoms with Crippen LogP contribution in [-0.4, -0.2) is 51.9 Å². The Kier molecular flexibility index (Phi) is 7.34. The van der Waals surface area contributed by atoms with E-state index in [4.69, 9.17) is 19.2 Å². The molecule has 2 heterocycles. The molecule has 3 aromatic rings. The molecule has 0 spiro atoms. The zero-order valence-electron chi connectivity index (χ0n) is 19.2. The number of rotatable bonds is 8. The molecule has 8 heteroatoms. The van der Waals surface area contributed by atoms with Crippen LogP contribution in [0, 0.1) is 5.92 Å². The van der Waals surface area contributed by atoms with Crippen molar-refractivity contribution in [3.8, 4) is 17.2 Å². The first-order valence-electron chi connectivity index (χ1n) is 11.0. The molecule has 0 atom stereocenters. The van der Waals surface area contributed by atoms with Gasteiger partial charge in [-0.3, -0.25) is 4.79 Å². The number of nitrogens with one attached hydrogen (secondary N) is 1. The number of anilines is 1. The molecule has 0 bridgehead atoms. The number of carbonyl (C=O) groups is 1. The van der Waals surface area contributed by atoms with Gasteiger partial charge in [-0.05, 0) is 54.7 Å². The molecule has 1 N–H and O–H groups in total. The summed E-state index contributed by atoms with van der Waals surface area (Å²) in [5.74, 6) is 1.99. The third-order valence-corrected chi connectivity index (χ3v) is 6.94. The third-order valence-electron chi connectivity index (χ3n) is 5.85. The number of methoxy groups -OCH3 is 3. The number of benzene rings is 2. The number of piperidine rings is 1. The van der Waals surface area contributed by atoms with Crippen LogP contribution in [0.4, 0.5) is 5.13 Å². The lowest BCUT2D eigenvalue weighted by molar-refractivity contribution is -0.116. The minimum atomic E-state index is -0.114. The molecule has 1 saturated heterocycles. The molecule has 1 aliphatic rings. The highest BCUT2D eigenvalue weighted by molar-refractivity contribution is 7.22. The fourth-order valence-electron chi connectivity index (χ4n) is 4.00. The Hall–Kier alpha value is -3.26. The first-order valence-corrected chi connectivity index (χ1v) is 11.8. The van der Waals surface area contributed by atoms with E-state index in [2.05, 4.69) is 28.4 Å². The van der Waals surface area contributed by atoms with Crippen molar-refractivity contribution < 1.29 is 19.0 Å². The number of hydrogen-bond acceptors (Lipinski definition) is 7. The summed E-state index contributed by atoms with van der Waals surface area (Å²) in [7, 11) is 4.70. The Morgan fingerprint density at radius 3 is 2.45 bits per heavy atom. The Bertz CT molecular complexity index is 1080. The van der Waals surface area contributed by atoms with Crippen molar-refractivity contribution in [2.45, 2.75) is 12.8 Å². The summed E-state index contributed by atoms with van der Waals surface area (Å²) in [5.41, 5.74) is 1.86. The average molecular weight is 468 g/mol. The van der Waals surface area contributed by atoms with Gasteiger partial charge in [-0.2, -0.15) is 0 Å². The number of ether oxygens (including phenoxy) is 3. The standard InChI is InChI=1S/C25H29N3O4S/c1-30-20-14-18(15-21(31-2)24(20)32-3)8-9-23(29)26-16-17-10-12-28(13-11-17)25-27-19-6-4-5-7-22(19)33-25/h4-9,14-15,17H,10-13,16H2,1-3H3,(H,26,29)/b9-8+. The molecular formula is C25H29N3O4S. The second-order valence-corrected chi connectivity index (χ2v) is 8.94. The van der Waals surface area contributed by atoms with Gasteiger partial charge in [0.1, 0.15) is 0 Å². The maximum absolute atomic E-state index is 12.4. The molecule has 174 valence electrons. The summed E-state index contributed by atoms with van der Waals surface area (Å²) in [6, 6.07) is 11.9. The molecule has 0 unspecified atom stereocenters. The molecular weight excluding hydrogens is 438 g/mol. The van der Waals surface area contributed by atoms with Gasteiger partial charge in [0.2, 0.25) is 11.7 Å². The van der Waals surface area contributed by atoms with E-state index in [0.717, 1.165) is 42.1 Å². The van der Waals surface area contributed by atoms with Crippen LogP contribution >= 0.6 is 11.3 Å². The quantitative estimate of drug-likeness (QED) is 0.496. The monoisotopic (exact) mass is 467 g/mol. The number of thiazole rings is 1. The highest BCUT2D eigenvalue weighted by Gasteiger charge is 2.22. The van der Waals surface area contributed by atoms with Crippen molar-refractivity contribution in [3.63, 3.8) is 0 Å². The SMILES string of the molecule is COc1cc(/C=C/C(=O)NCC2CCN(c3nc4ccccc4s3)CC2)cc(OC)c1OC. The molecule has 1 aliphatic heterocycles. The van der Waals surface area contributed by atoms with Crippen LogP contribution in [0.15, 0.2) is 42.5 Å². The fraction of sp³-hybridized carbons (Fsp3) is 0.360. The van der Waals surface area contributed by atoms with Crippen LogP contribution in [0.2, 0.25) is 0 Å². The highest BCUT2D eigenvalue weighted by Crippen LogP contribution is 2.38. The Balaban J connectivity index is 1.28. The predicted octanol–water partition coefficient (Wildman–Crippen LogP) is 4.37. The third kappa shape index (κ3) is 5.39. The van der Waals surface area contributed by atoms with Crippen LogP contribution in [0.5, 0.6) is 17.2 Å². The van der Waals surface area contributed by atoms with E-state index in [1.807, 2.05) is 18.2 Å². The summed E-state index contributed by atoms with van der Waals surface area (Å²) in [6.07, 6.45) is 5.35. The summed E-state index contributed by atoms with van der Waals surface area (Å²) < 4.78 is 17.3. The largest absolute Gasteiger partial charge is 0.493 e. The van der Waals surface area contributed by atoms with Crippen molar-refractivity contribution in [3.05, 3.63) is 48.0 Å². The smallest absolute Gasteiger partial charge is 0.244 e. The van der Waals surface area contributed by atoms with Crippen LogP contribution < -0.4 is 24.4 Å². The molecule has 4 rings (SSSR count). The topological polar surface area (TPSA) is 72.9 Å². The van der Waals surface area contributed by atoms with Gasteiger partial charge in [-0.25, -0.2) is 4.98 Å². The Morgan fingerprint density at radius 2 is 1.82 bits per heavy atom. The van der Waals surface area contributed by atoms with E-state index in [1.165, 1.54) is 10.8 Å². The number of fused-ring (bicyclic) bond motifs is 1. The minimum Gasteiger partial charge on any atom is -0.493 e. The molecule has 0 aliphatic carbocycles. The molecule has 7 nitrogen and oxygen atoms in total. The molecule has 0 radical (unpaired) electrons. The molecule has 0 saturated carbocycles. The summed E-state index contributed by atoms with van der Waals surface area (Å²) in [6.45, 7) is 2.59. The lowest BCUT2D eigenvalue weighted by atomic mass is 9.97. The van der Waals surface area contributed by atoms with Crippen LogP contribution in [0.25, 0.3) is 16.3 Å². The second kappa shape index (κ2) is 10.6. The van der Waals surface area contributed by atoms with Gasteiger partial charge in [-0.15, -0.1) is 0 Å². The molecule has 33 heavy (non-hydrogen) atoms. The van der Waals surface area contributed by atoms with E-state index >= 15 is 0 Å². The highest BCUT2D eigenvalue weighted by atomic mass is 32.1. The van der Waals surface area contributed by atoms with E-state index in [0.29, 0.717) is 29.7 Å². The normalized spacial score (nSPS) is 14.6. The number of carbonyl (C=O) groups excluding carboxylic acids is 1. The summed E-state index contributed by atoms with van der Waals surface area (Å²) in [5, 5.41) is 4.12. The number of aromatic nitrogens is 1. The van der Waals surface area contributed by atoms with Crippen LogP contribution in [0.3, 0.4) is 0 Å². The predicted molar refractivity (Wildman–Crippen MR) is 133 cm³/mol. The minimum absolute atomic E-state index is 0.114. The second-order valence-electron chi connectivity index (χ2n) is 7.93. The van der Waals surface area contributed by atoms with Gasteiger partial charge in [0.25, 0.3) is 0 Å². The average Bonchev–Trinajstić information content (AvgIpc) is 3.30. The van der Waals surface area contributed by atoms with Gasteiger partial charge in [0.15, 0.2) is 16.6 Å². The maximum Gasteiger partial charge on any atom is 0.244 e. The van der Waals surface area contributed by atoms with Gasteiger partial charge in [0, 0.05) is 25.7 Å². The summed E-state index contributed by atoms with van der Waals surface area (Å²) in [4.78, 5) is 19.5. The number of para-hydroxylation sites is 1. The van der Waals surface area contributed by atoms with Crippen LogP contribution in [0.1, 0.15) is 18.4 Å². The lowest BCUT2D eigenvalue weighted by Gasteiger charge is -2.31. The maximum atomic E-state index is 12.4. The van der Waals surface area contributed by atoms with Crippen LogP contribution in [-0.2, 0) is 4.79 Å². The number of nitrogens with zero attached hydrogens (tertiary/aromatic N) is 2. The Labute approximate surface area is 198 Å². The van der Waals surface area contributed by atoms with E-state index < -0.39 is 0 Å². The molecule has 1 fully saturated rings. The van der Waals surface area contributed by atoms with Crippen molar-refractivity contribution in [2.24, 2.45) is 5.92 Å². The Morgan fingerprint density at radius 1 is 1.12 bits per heavy atom. The van der Waals surface area contributed by atoms with Gasteiger partial charge in [0.05, 0.1) is 31.5 Å². The van der Waals surface area contributed by atoms with Crippen molar-refractivity contribution in [1.82, 2.24) is 10.3 Å². The molecule has 1 aromatic heterocycles. The van der Waals surface area contributed by atoms with E-state index in [9.17, 15) is 4.79 Å². The number of hydrogen-bond donors (Lipinski definition) is 1. The van der Waals surface area contributed by atoms with Gasteiger partial charge in [-0.1, -0.05) is 23.5 Å². The van der Waals surface area contributed by atoms with E-state index in [1.54, 1.807) is 38.7 Å². The van der Waals surface area contributed by atoms with E-state index in [-0.39, 0.29) is 5.91 Å². The van der Waals surface area contributed by atoms with Crippen molar-refractivity contribution in [2.75, 3.05) is 45.9 Å². The lowest BCUT2D eigenvalue weighted by Crippen LogP contribution is -2.38. The zero-order valence-corrected chi connectivity index (χ0v) is 20.0. The van der Waals surface area contributed by atoms with Gasteiger partial charge < -0.3 is 24.4 Å². The molecule has 1 amide bonds. The first kappa shape index (κ1) is 22.9.